The highest BCUT2D eigenvalue weighted by Gasteiger charge is 2.13. The van der Waals surface area contributed by atoms with Crippen LogP contribution in [-0.4, -0.2) is 10.2 Å². The summed E-state index contributed by atoms with van der Waals surface area (Å²) in [4.78, 5) is 0. The Bertz CT molecular complexity index is 713. The molecule has 0 unspecified atom stereocenters. The van der Waals surface area contributed by atoms with Gasteiger partial charge in [-0.15, -0.1) is 10.2 Å². The molecule has 0 bridgehead atoms. The number of thioether (sulfide) groups is 1. The lowest BCUT2D eigenvalue weighted by atomic mass is 10.2. The van der Waals surface area contributed by atoms with E-state index in [9.17, 15) is 0 Å². The lowest BCUT2D eigenvalue weighted by Gasteiger charge is -2.07. The molecule has 3 rings (SSSR count). The van der Waals surface area contributed by atoms with E-state index in [2.05, 4.69) is 29.3 Å². The Balaban J connectivity index is 1.75. The zero-order valence-corrected chi connectivity index (χ0v) is 12.9. The summed E-state index contributed by atoms with van der Waals surface area (Å²) in [5.74, 6) is 0.509. The molecule has 0 saturated heterocycles. The first kappa shape index (κ1) is 14.2. The lowest BCUT2D eigenvalue weighted by molar-refractivity contribution is 0.465. The van der Waals surface area contributed by atoms with E-state index in [1.165, 1.54) is 5.56 Å². The minimum Gasteiger partial charge on any atom is -0.411 e. The van der Waals surface area contributed by atoms with Gasteiger partial charge in [-0.25, -0.2) is 0 Å². The van der Waals surface area contributed by atoms with Crippen LogP contribution < -0.4 is 0 Å². The van der Waals surface area contributed by atoms with Crippen molar-refractivity contribution in [2.75, 3.05) is 0 Å². The van der Waals surface area contributed by atoms with Crippen molar-refractivity contribution >= 4 is 23.4 Å². The summed E-state index contributed by atoms with van der Waals surface area (Å²) in [5, 5.41) is 9.68. The van der Waals surface area contributed by atoms with Gasteiger partial charge >= 0.3 is 0 Å². The summed E-state index contributed by atoms with van der Waals surface area (Å²) < 4.78 is 5.70. The van der Waals surface area contributed by atoms with Crippen LogP contribution in [0.1, 0.15) is 17.7 Å². The standard InChI is InChI=1S/C16H13ClN2OS/c1-11(12-5-3-2-4-6-12)21-16-19-18-15(20-16)13-7-9-14(17)10-8-13/h2-11H,1H3/t11-/m0/s1. The van der Waals surface area contributed by atoms with Gasteiger partial charge in [-0.3, -0.25) is 0 Å². The maximum absolute atomic E-state index is 5.87. The van der Waals surface area contributed by atoms with E-state index >= 15 is 0 Å². The second-order valence-electron chi connectivity index (χ2n) is 4.55. The van der Waals surface area contributed by atoms with E-state index < -0.39 is 0 Å². The average Bonchev–Trinajstić information content (AvgIpc) is 2.97. The second kappa shape index (κ2) is 6.33. The van der Waals surface area contributed by atoms with Crippen molar-refractivity contribution in [2.24, 2.45) is 0 Å². The number of aromatic nitrogens is 2. The maximum Gasteiger partial charge on any atom is 0.277 e. The molecule has 0 spiro atoms. The quantitative estimate of drug-likeness (QED) is 0.617. The van der Waals surface area contributed by atoms with Crippen molar-refractivity contribution in [3.8, 4) is 11.5 Å². The first-order valence-electron chi connectivity index (χ1n) is 6.53. The van der Waals surface area contributed by atoms with E-state index in [0.717, 1.165) is 5.56 Å². The molecular formula is C16H13ClN2OS. The SMILES string of the molecule is C[C@H](Sc1nnc(-c2ccc(Cl)cc2)o1)c1ccccc1. The first-order valence-corrected chi connectivity index (χ1v) is 7.79. The van der Waals surface area contributed by atoms with Gasteiger partial charge in [0, 0.05) is 15.8 Å². The fraction of sp³-hybridized carbons (Fsp3) is 0.125. The van der Waals surface area contributed by atoms with Gasteiger partial charge in [-0.05, 0) is 36.8 Å². The third kappa shape index (κ3) is 3.46. The minimum absolute atomic E-state index is 0.254. The second-order valence-corrected chi connectivity index (χ2v) is 6.28. The number of hydrogen-bond donors (Lipinski definition) is 0. The molecule has 3 nitrogen and oxygen atoms in total. The highest BCUT2D eigenvalue weighted by atomic mass is 35.5. The Morgan fingerprint density at radius 1 is 1.00 bits per heavy atom. The molecule has 1 atom stereocenters. The van der Waals surface area contributed by atoms with Crippen LogP contribution >= 0.6 is 23.4 Å². The summed E-state index contributed by atoms with van der Waals surface area (Å²) >= 11 is 7.42. The molecule has 0 aliphatic heterocycles. The Labute approximate surface area is 132 Å². The van der Waals surface area contributed by atoms with E-state index in [4.69, 9.17) is 16.0 Å². The number of nitrogens with zero attached hydrogens (tertiary/aromatic N) is 2. The molecule has 0 aliphatic carbocycles. The largest absolute Gasteiger partial charge is 0.411 e. The summed E-state index contributed by atoms with van der Waals surface area (Å²) in [6, 6.07) is 17.6. The molecule has 0 amide bonds. The molecule has 0 N–H and O–H groups in total. The van der Waals surface area contributed by atoms with Gasteiger partial charge in [-0.1, -0.05) is 53.7 Å². The predicted octanol–water partition coefficient (Wildman–Crippen LogP) is 5.24. The molecule has 106 valence electrons. The highest BCUT2D eigenvalue weighted by molar-refractivity contribution is 7.99. The van der Waals surface area contributed by atoms with Crippen LogP contribution in [0, 0.1) is 0 Å². The Morgan fingerprint density at radius 3 is 2.43 bits per heavy atom. The Kier molecular flexibility index (Phi) is 4.27. The molecule has 2 aromatic carbocycles. The monoisotopic (exact) mass is 316 g/mol. The Morgan fingerprint density at radius 2 is 1.71 bits per heavy atom. The first-order chi connectivity index (χ1) is 10.2. The van der Waals surface area contributed by atoms with Crippen molar-refractivity contribution in [2.45, 2.75) is 17.4 Å². The van der Waals surface area contributed by atoms with Gasteiger partial charge in [0.05, 0.1) is 0 Å². The fourth-order valence-corrected chi connectivity index (χ4v) is 2.85. The van der Waals surface area contributed by atoms with Crippen LogP contribution in [0.2, 0.25) is 5.02 Å². The summed E-state index contributed by atoms with van der Waals surface area (Å²) in [7, 11) is 0. The van der Waals surface area contributed by atoms with Crippen LogP contribution in [0.15, 0.2) is 64.2 Å². The fourth-order valence-electron chi connectivity index (χ4n) is 1.91. The molecule has 0 radical (unpaired) electrons. The van der Waals surface area contributed by atoms with Crippen LogP contribution in [0.3, 0.4) is 0 Å². The van der Waals surface area contributed by atoms with E-state index in [-0.39, 0.29) is 5.25 Å². The van der Waals surface area contributed by atoms with Gasteiger partial charge in [0.2, 0.25) is 5.89 Å². The minimum atomic E-state index is 0.254. The molecule has 0 saturated carbocycles. The molecule has 1 aromatic heterocycles. The van der Waals surface area contributed by atoms with Gasteiger partial charge in [0.25, 0.3) is 5.22 Å². The van der Waals surface area contributed by atoms with E-state index in [0.29, 0.717) is 16.1 Å². The smallest absolute Gasteiger partial charge is 0.277 e. The van der Waals surface area contributed by atoms with Gasteiger partial charge in [-0.2, -0.15) is 0 Å². The third-order valence-electron chi connectivity index (χ3n) is 3.04. The van der Waals surface area contributed by atoms with Crippen LogP contribution in [0.25, 0.3) is 11.5 Å². The zero-order chi connectivity index (χ0) is 14.7. The summed E-state index contributed by atoms with van der Waals surface area (Å²) in [5.41, 5.74) is 2.10. The Hall–Kier alpha value is -1.78. The van der Waals surface area contributed by atoms with Crippen LogP contribution in [0.4, 0.5) is 0 Å². The molecule has 1 heterocycles. The summed E-state index contributed by atoms with van der Waals surface area (Å²) in [6.45, 7) is 2.12. The topological polar surface area (TPSA) is 38.9 Å². The van der Waals surface area contributed by atoms with Crippen molar-refractivity contribution in [3.63, 3.8) is 0 Å². The normalized spacial score (nSPS) is 12.3. The third-order valence-corrected chi connectivity index (χ3v) is 4.29. The molecule has 5 heteroatoms. The van der Waals surface area contributed by atoms with Gasteiger partial charge in [0.15, 0.2) is 0 Å². The van der Waals surface area contributed by atoms with Gasteiger partial charge < -0.3 is 4.42 Å². The average molecular weight is 317 g/mol. The van der Waals surface area contributed by atoms with E-state index in [1.807, 2.05) is 30.3 Å². The molecule has 0 aliphatic rings. The van der Waals surface area contributed by atoms with Crippen LogP contribution in [0.5, 0.6) is 0 Å². The number of hydrogen-bond acceptors (Lipinski definition) is 4. The predicted molar refractivity (Wildman–Crippen MR) is 85.5 cm³/mol. The van der Waals surface area contributed by atoms with Crippen molar-refractivity contribution in [1.82, 2.24) is 10.2 Å². The maximum atomic E-state index is 5.87. The van der Waals surface area contributed by atoms with Crippen molar-refractivity contribution < 1.29 is 4.42 Å². The molecular weight excluding hydrogens is 304 g/mol. The summed E-state index contributed by atoms with van der Waals surface area (Å²) in [6.07, 6.45) is 0. The number of halogens is 1. The zero-order valence-electron chi connectivity index (χ0n) is 11.4. The van der Waals surface area contributed by atoms with Crippen molar-refractivity contribution in [1.29, 1.82) is 0 Å². The highest BCUT2D eigenvalue weighted by Crippen LogP contribution is 2.35. The number of benzene rings is 2. The van der Waals surface area contributed by atoms with Gasteiger partial charge in [0.1, 0.15) is 0 Å². The van der Waals surface area contributed by atoms with Crippen LogP contribution in [-0.2, 0) is 0 Å². The van der Waals surface area contributed by atoms with E-state index in [1.54, 1.807) is 23.9 Å². The molecule has 21 heavy (non-hydrogen) atoms. The van der Waals surface area contributed by atoms with Crippen molar-refractivity contribution in [3.05, 3.63) is 65.2 Å². The lowest BCUT2D eigenvalue weighted by Crippen LogP contribution is -1.87. The number of rotatable bonds is 4. The molecule has 0 fully saturated rings. The molecule has 3 aromatic rings.